The zero-order valence-corrected chi connectivity index (χ0v) is 22.3. The Balaban J connectivity index is 1.56. The van der Waals surface area contributed by atoms with E-state index in [-0.39, 0.29) is 6.61 Å². The summed E-state index contributed by atoms with van der Waals surface area (Å²) in [5.74, 6) is 1.69. The fourth-order valence-corrected chi connectivity index (χ4v) is 6.77. The van der Waals surface area contributed by atoms with E-state index in [2.05, 4.69) is 41.1 Å². The summed E-state index contributed by atoms with van der Waals surface area (Å²) < 4.78 is 5.44. The molecule has 1 aromatic heterocycles. The number of pyridine rings is 1. The van der Waals surface area contributed by atoms with Gasteiger partial charge in [0.25, 0.3) is 0 Å². The Labute approximate surface area is 217 Å². The van der Waals surface area contributed by atoms with Gasteiger partial charge in [-0.05, 0) is 69.1 Å². The molecule has 2 N–H and O–H groups in total. The molecule has 0 amide bonds. The zero-order chi connectivity index (χ0) is 25.1. The fraction of sp³-hybridized carbons (Fsp3) is 0.464. The van der Waals surface area contributed by atoms with Gasteiger partial charge in [-0.25, -0.2) is 0 Å². The van der Waals surface area contributed by atoms with Crippen LogP contribution in [0.4, 0.5) is 0 Å². The molecule has 1 aliphatic heterocycles. The number of fused-ring (bicyclic) bond motifs is 1. The molecule has 7 heteroatoms. The predicted molar refractivity (Wildman–Crippen MR) is 145 cm³/mol. The van der Waals surface area contributed by atoms with Gasteiger partial charge in [-0.2, -0.15) is 0 Å². The average molecular weight is 515 g/mol. The molecule has 1 aliphatic rings. The molecule has 5 nitrogen and oxygen atoms in total. The second-order valence-electron chi connectivity index (χ2n) is 9.47. The molecule has 188 valence electrons. The highest BCUT2D eigenvalue weighted by atomic mass is 35.5. The van der Waals surface area contributed by atoms with E-state index in [0.29, 0.717) is 35.6 Å². The molecule has 0 saturated carbocycles. The molecule has 1 fully saturated rings. The molecule has 0 aliphatic carbocycles. The molecular weight excluding hydrogens is 480 g/mol. The Morgan fingerprint density at radius 1 is 1.20 bits per heavy atom. The number of rotatable bonds is 9. The minimum Gasteiger partial charge on any atom is -0.497 e. The van der Waals surface area contributed by atoms with Crippen molar-refractivity contribution in [2.24, 2.45) is 5.41 Å². The van der Waals surface area contributed by atoms with Crippen LogP contribution in [-0.2, 0) is 5.60 Å². The third kappa shape index (κ3) is 5.05. The number of hydrogen-bond acceptors (Lipinski definition) is 6. The maximum absolute atomic E-state index is 12.3. The molecule has 4 rings (SSSR count). The summed E-state index contributed by atoms with van der Waals surface area (Å²) in [5, 5.41) is 24.2. The van der Waals surface area contributed by atoms with Crippen LogP contribution in [-0.4, -0.2) is 59.2 Å². The van der Waals surface area contributed by atoms with Gasteiger partial charge >= 0.3 is 0 Å². The molecule has 2 heterocycles. The fourth-order valence-electron chi connectivity index (χ4n) is 5.42. The average Bonchev–Trinajstić information content (AvgIpc) is 2.89. The predicted octanol–water partition coefficient (Wildman–Crippen LogP) is 5.67. The van der Waals surface area contributed by atoms with Crippen molar-refractivity contribution in [1.82, 2.24) is 9.88 Å². The number of aliphatic hydroxyl groups excluding tert-OH is 1. The number of aryl methyl sites for hydroxylation is 1. The van der Waals surface area contributed by atoms with Crippen LogP contribution in [0.3, 0.4) is 0 Å². The van der Waals surface area contributed by atoms with E-state index in [9.17, 15) is 10.2 Å². The highest BCUT2D eigenvalue weighted by molar-refractivity contribution is 7.99. The number of likely N-dealkylation sites (tertiary alicyclic amines) is 1. The first-order valence-corrected chi connectivity index (χ1v) is 13.6. The summed E-state index contributed by atoms with van der Waals surface area (Å²) in [6, 6.07) is 14.1. The third-order valence-electron chi connectivity index (χ3n) is 7.71. The van der Waals surface area contributed by atoms with Crippen molar-refractivity contribution in [3.05, 3.63) is 64.8 Å². The molecule has 0 spiro atoms. The molecule has 35 heavy (non-hydrogen) atoms. The van der Waals surface area contributed by atoms with Crippen LogP contribution in [0.15, 0.2) is 53.6 Å². The van der Waals surface area contributed by atoms with Gasteiger partial charge in [0.2, 0.25) is 0 Å². The Bertz CT molecular complexity index is 1170. The lowest BCUT2D eigenvalue weighted by atomic mass is 9.62. The number of thioether (sulfide) groups is 1. The molecule has 3 aromatic rings. The van der Waals surface area contributed by atoms with Gasteiger partial charge in [0.15, 0.2) is 0 Å². The van der Waals surface area contributed by atoms with Crippen LogP contribution < -0.4 is 4.74 Å². The van der Waals surface area contributed by atoms with Crippen molar-refractivity contribution in [2.45, 2.75) is 43.6 Å². The van der Waals surface area contributed by atoms with Crippen molar-refractivity contribution >= 4 is 34.3 Å². The van der Waals surface area contributed by atoms with Crippen molar-refractivity contribution < 1.29 is 14.9 Å². The maximum atomic E-state index is 12.3. The van der Waals surface area contributed by atoms with Crippen LogP contribution in [0.1, 0.15) is 37.3 Å². The van der Waals surface area contributed by atoms with Gasteiger partial charge < -0.3 is 19.8 Å². The molecule has 2 aromatic carbocycles. The highest BCUT2D eigenvalue weighted by Gasteiger charge is 2.52. The van der Waals surface area contributed by atoms with E-state index in [4.69, 9.17) is 16.3 Å². The molecule has 0 bridgehead atoms. The van der Waals surface area contributed by atoms with Crippen LogP contribution in [0.25, 0.3) is 10.9 Å². The van der Waals surface area contributed by atoms with E-state index in [1.165, 1.54) is 10.5 Å². The summed E-state index contributed by atoms with van der Waals surface area (Å²) in [7, 11) is 1.62. The number of methoxy groups -OCH3 is 1. The van der Waals surface area contributed by atoms with Crippen LogP contribution >= 0.6 is 23.4 Å². The summed E-state index contributed by atoms with van der Waals surface area (Å²) in [6.07, 6.45) is 3.42. The van der Waals surface area contributed by atoms with Gasteiger partial charge in [0, 0.05) is 39.8 Å². The summed E-state index contributed by atoms with van der Waals surface area (Å²) >= 11 is 8.59. The van der Waals surface area contributed by atoms with Gasteiger partial charge in [-0.3, -0.25) is 4.98 Å². The molecule has 1 saturated heterocycles. The highest BCUT2D eigenvalue weighted by Crippen LogP contribution is 2.52. The van der Waals surface area contributed by atoms with Gasteiger partial charge in [0.05, 0.1) is 29.9 Å². The largest absolute Gasteiger partial charge is 0.497 e. The third-order valence-corrected chi connectivity index (χ3v) is 9.15. The topological polar surface area (TPSA) is 65.8 Å². The number of ether oxygens (including phenoxy) is 1. The zero-order valence-electron chi connectivity index (χ0n) is 20.8. The van der Waals surface area contributed by atoms with Crippen LogP contribution in [0, 0.1) is 12.3 Å². The second kappa shape index (κ2) is 11.1. The Hall–Kier alpha value is -1.83. The van der Waals surface area contributed by atoms with E-state index < -0.39 is 11.0 Å². The molecule has 0 radical (unpaired) electrons. The summed E-state index contributed by atoms with van der Waals surface area (Å²) in [5.41, 5.74) is 0.706. The van der Waals surface area contributed by atoms with Gasteiger partial charge in [-0.1, -0.05) is 36.7 Å². The van der Waals surface area contributed by atoms with E-state index >= 15 is 0 Å². The van der Waals surface area contributed by atoms with E-state index in [1.54, 1.807) is 13.3 Å². The Morgan fingerprint density at radius 2 is 1.94 bits per heavy atom. The first kappa shape index (κ1) is 26.2. The number of halogens is 1. The number of aromatic nitrogens is 1. The lowest BCUT2D eigenvalue weighted by Crippen LogP contribution is -2.54. The SMILES string of the molecule is CC[C@](O)(c1c(Cl)cnc2ccc(OC)cc12)C1(CO)CCN(CCSc2ccccc2C)CC1. The minimum atomic E-state index is -1.30. The van der Waals surface area contributed by atoms with E-state index in [1.807, 2.05) is 36.9 Å². The van der Waals surface area contributed by atoms with Crippen molar-refractivity contribution in [3.8, 4) is 5.75 Å². The van der Waals surface area contributed by atoms with Crippen molar-refractivity contribution in [2.75, 3.05) is 39.1 Å². The number of nitrogens with zero attached hydrogens (tertiary/aromatic N) is 2. The van der Waals surface area contributed by atoms with Crippen LogP contribution in [0.2, 0.25) is 5.02 Å². The van der Waals surface area contributed by atoms with Gasteiger partial charge in [-0.15, -0.1) is 11.8 Å². The van der Waals surface area contributed by atoms with Crippen molar-refractivity contribution in [3.63, 3.8) is 0 Å². The maximum Gasteiger partial charge on any atom is 0.119 e. The second-order valence-corrected chi connectivity index (χ2v) is 11.0. The minimum absolute atomic E-state index is 0.104. The first-order valence-electron chi connectivity index (χ1n) is 12.2. The molecular formula is C28H35ClN2O3S. The standard InChI is InChI=1S/C28H35ClN2O3S/c1-4-28(33,26-22-17-21(34-3)9-10-24(22)30-18-23(26)29)27(19-32)11-13-31(14-12-27)15-16-35-25-8-6-5-7-20(25)2/h5-10,17-18,32-33H,4,11-16,19H2,1-3H3/t28-/m0/s1. The first-order chi connectivity index (χ1) is 16.9. The number of benzene rings is 2. The summed E-state index contributed by atoms with van der Waals surface area (Å²) in [4.78, 5) is 8.22. The smallest absolute Gasteiger partial charge is 0.119 e. The molecule has 0 unspecified atom stereocenters. The lowest BCUT2D eigenvalue weighted by Gasteiger charge is -2.51. The van der Waals surface area contributed by atoms with E-state index in [0.717, 1.165) is 36.3 Å². The quantitative estimate of drug-likeness (QED) is 0.359. The normalized spacial score (nSPS) is 17.9. The van der Waals surface area contributed by atoms with Crippen molar-refractivity contribution in [1.29, 1.82) is 0 Å². The number of piperidine rings is 1. The number of aliphatic hydroxyl groups is 2. The lowest BCUT2D eigenvalue weighted by molar-refractivity contribution is -0.143. The Kier molecular flexibility index (Phi) is 8.29. The Morgan fingerprint density at radius 3 is 2.60 bits per heavy atom. The molecule has 1 atom stereocenters. The summed E-state index contributed by atoms with van der Waals surface area (Å²) in [6.45, 7) is 6.62. The van der Waals surface area contributed by atoms with Gasteiger partial charge in [0.1, 0.15) is 5.75 Å². The monoisotopic (exact) mass is 514 g/mol. The van der Waals surface area contributed by atoms with Crippen LogP contribution in [0.5, 0.6) is 5.75 Å². The number of hydrogen-bond donors (Lipinski definition) is 2.